The zero-order chi connectivity index (χ0) is 15.3. The molecule has 2 aliphatic heterocycles. The predicted octanol–water partition coefficient (Wildman–Crippen LogP) is 3.86. The molecule has 0 N–H and O–H groups in total. The number of ether oxygens (including phenoxy) is 1. The van der Waals surface area contributed by atoms with Crippen LogP contribution in [0.5, 0.6) is 0 Å². The Morgan fingerprint density at radius 2 is 1.64 bits per heavy atom. The average molecular weight is 293 g/mol. The van der Waals surface area contributed by atoms with Crippen molar-refractivity contribution in [2.24, 2.45) is 5.92 Å². The van der Waals surface area contributed by atoms with E-state index < -0.39 is 0 Å². The molecule has 2 atom stereocenters. The summed E-state index contributed by atoms with van der Waals surface area (Å²) in [6.45, 7) is 4.89. The second kappa shape index (κ2) is 4.96. The van der Waals surface area contributed by atoms with Crippen molar-refractivity contribution in [3.05, 3.63) is 59.7 Å². The van der Waals surface area contributed by atoms with Gasteiger partial charge in [-0.15, -0.1) is 0 Å². The Bertz CT molecular complexity index is 738. The minimum absolute atomic E-state index is 0.0769. The summed E-state index contributed by atoms with van der Waals surface area (Å²) in [5.41, 5.74) is 3.96. The van der Waals surface area contributed by atoms with E-state index >= 15 is 0 Å². The van der Waals surface area contributed by atoms with E-state index in [9.17, 15) is 4.79 Å². The molecule has 0 saturated carbocycles. The zero-order valence-corrected chi connectivity index (χ0v) is 12.8. The maximum absolute atomic E-state index is 13.1. The Labute approximate surface area is 130 Å². The first kappa shape index (κ1) is 13.5. The fraction of sp³-hybridized carbons (Fsp3) is 0.316. The van der Waals surface area contributed by atoms with E-state index in [0.717, 1.165) is 22.3 Å². The molecule has 1 fully saturated rings. The van der Waals surface area contributed by atoms with Crippen LogP contribution in [0.15, 0.2) is 48.5 Å². The molecule has 2 heterocycles. The third kappa shape index (κ3) is 1.82. The SMILES string of the molecule is CC(C)[C@H]1CO[C@H]2c3ccccc3-c3ccccc3C(=O)N12. The van der Waals surface area contributed by atoms with Gasteiger partial charge in [-0.3, -0.25) is 4.79 Å². The number of hydrogen-bond acceptors (Lipinski definition) is 2. The Hall–Kier alpha value is -2.13. The van der Waals surface area contributed by atoms with Crippen molar-refractivity contribution in [3.8, 4) is 11.1 Å². The third-order valence-corrected chi connectivity index (χ3v) is 4.71. The number of hydrogen-bond donors (Lipinski definition) is 0. The minimum Gasteiger partial charge on any atom is -0.352 e. The maximum atomic E-state index is 13.1. The highest BCUT2D eigenvalue weighted by Crippen LogP contribution is 2.43. The summed E-state index contributed by atoms with van der Waals surface area (Å²) in [5.74, 6) is 0.444. The quantitative estimate of drug-likeness (QED) is 0.799. The van der Waals surface area contributed by atoms with Gasteiger partial charge in [0.25, 0.3) is 5.91 Å². The molecule has 4 rings (SSSR count). The first-order chi connectivity index (χ1) is 10.7. The van der Waals surface area contributed by atoms with E-state index in [1.54, 1.807) is 0 Å². The fourth-order valence-electron chi connectivity index (χ4n) is 3.54. The van der Waals surface area contributed by atoms with E-state index in [-0.39, 0.29) is 18.2 Å². The number of carbonyl (C=O) groups excluding carboxylic acids is 1. The lowest BCUT2D eigenvalue weighted by atomic mass is 9.96. The highest BCUT2D eigenvalue weighted by atomic mass is 16.5. The molecule has 0 aliphatic carbocycles. The molecule has 112 valence electrons. The highest BCUT2D eigenvalue weighted by molar-refractivity contribution is 6.03. The van der Waals surface area contributed by atoms with Crippen LogP contribution in [0.2, 0.25) is 0 Å². The number of rotatable bonds is 1. The van der Waals surface area contributed by atoms with Crippen LogP contribution >= 0.6 is 0 Å². The monoisotopic (exact) mass is 293 g/mol. The summed E-state index contributed by atoms with van der Waals surface area (Å²) in [6, 6.07) is 16.2. The largest absolute Gasteiger partial charge is 0.352 e. The standard InChI is InChI=1S/C19H19NO2/c1-12(2)17-11-22-19-16-10-6-4-8-14(16)13-7-3-5-9-15(13)18(21)20(17)19/h3-10,12,17,19H,11H2,1-2H3/t17-,19+/m1/s1. The van der Waals surface area contributed by atoms with Crippen molar-refractivity contribution in [1.29, 1.82) is 0 Å². The van der Waals surface area contributed by atoms with Crippen LogP contribution < -0.4 is 0 Å². The van der Waals surface area contributed by atoms with Crippen LogP contribution in [-0.2, 0) is 4.74 Å². The van der Waals surface area contributed by atoms with Crippen molar-refractivity contribution in [2.75, 3.05) is 6.61 Å². The van der Waals surface area contributed by atoms with Crippen LogP contribution in [0.25, 0.3) is 11.1 Å². The second-order valence-corrected chi connectivity index (χ2v) is 6.34. The highest BCUT2D eigenvalue weighted by Gasteiger charge is 2.43. The third-order valence-electron chi connectivity index (χ3n) is 4.71. The van der Waals surface area contributed by atoms with Gasteiger partial charge in [-0.25, -0.2) is 0 Å². The molecule has 0 radical (unpaired) electrons. The molecule has 2 aliphatic rings. The molecule has 0 aromatic heterocycles. The van der Waals surface area contributed by atoms with E-state index in [1.165, 1.54) is 0 Å². The van der Waals surface area contributed by atoms with Gasteiger partial charge in [0.05, 0.1) is 12.6 Å². The summed E-state index contributed by atoms with van der Waals surface area (Å²) in [6.07, 6.45) is -0.275. The van der Waals surface area contributed by atoms with Gasteiger partial charge in [0.15, 0.2) is 6.23 Å². The summed E-state index contributed by atoms with van der Waals surface area (Å²) >= 11 is 0. The van der Waals surface area contributed by atoms with Gasteiger partial charge >= 0.3 is 0 Å². The topological polar surface area (TPSA) is 29.5 Å². The van der Waals surface area contributed by atoms with Gasteiger partial charge in [-0.05, 0) is 23.1 Å². The average Bonchev–Trinajstić information content (AvgIpc) is 2.95. The second-order valence-electron chi connectivity index (χ2n) is 6.34. The minimum atomic E-state index is -0.275. The number of fused-ring (bicyclic) bond motifs is 5. The summed E-state index contributed by atoms with van der Waals surface area (Å²) in [7, 11) is 0. The Morgan fingerprint density at radius 3 is 2.36 bits per heavy atom. The molecule has 1 amide bonds. The van der Waals surface area contributed by atoms with Gasteiger partial charge in [0.2, 0.25) is 0 Å². The van der Waals surface area contributed by atoms with Crippen molar-refractivity contribution in [2.45, 2.75) is 26.1 Å². The van der Waals surface area contributed by atoms with E-state index in [1.807, 2.05) is 41.3 Å². The molecular weight excluding hydrogens is 274 g/mol. The van der Waals surface area contributed by atoms with Gasteiger partial charge < -0.3 is 9.64 Å². The van der Waals surface area contributed by atoms with Crippen LogP contribution in [0.4, 0.5) is 0 Å². The van der Waals surface area contributed by atoms with Gasteiger partial charge in [-0.1, -0.05) is 56.3 Å². The van der Waals surface area contributed by atoms with Crippen LogP contribution in [0.1, 0.15) is 36.0 Å². The normalized spacial score (nSPS) is 23.0. The van der Waals surface area contributed by atoms with E-state index in [4.69, 9.17) is 4.74 Å². The van der Waals surface area contributed by atoms with Crippen molar-refractivity contribution in [1.82, 2.24) is 4.90 Å². The van der Waals surface area contributed by atoms with E-state index in [2.05, 4.69) is 26.0 Å². The molecule has 3 heteroatoms. The lowest BCUT2D eigenvalue weighted by molar-refractivity contribution is 0.0241. The van der Waals surface area contributed by atoms with Crippen LogP contribution in [0, 0.1) is 5.92 Å². The van der Waals surface area contributed by atoms with Crippen LogP contribution in [0.3, 0.4) is 0 Å². The summed E-state index contributed by atoms with van der Waals surface area (Å²) in [4.78, 5) is 15.1. The van der Waals surface area contributed by atoms with Gasteiger partial charge in [0.1, 0.15) is 0 Å². The Balaban J connectivity index is 1.98. The number of nitrogens with zero attached hydrogens (tertiary/aromatic N) is 1. The molecule has 3 nitrogen and oxygen atoms in total. The molecule has 0 bridgehead atoms. The summed E-state index contributed by atoms with van der Waals surface area (Å²) < 4.78 is 6.04. The van der Waals surface area contributed by atoms with Gasteiger partial charge in [-0.2, -0.15) is 0 Å². The molecule has 22 heavy (non-hydrogen) atoms. The van der Waals surface area contributed by atoms with Crippen molar-refractivity contribution >= 4 is 5.91 Å². The predicted molar refractivity (Wildman–Crippen MR) is 85.4 cm³/mol. The molecule has 2 aromatic rings. The molecule has 1 saturated heterocycles. The lowest BCUT2D eigenvalue weighted by Crippen LogP contribution is -2.40. The molecule has 2 aromatic carbocycles. The summed E-state index contributed by atoms with van der Waals surface area (Å²) in [5, 5.41) is 0. The first-order valence-electron chi connectivity index (χ1n) is 7.81. The van der Waals surface area contributed by atoms with Crippen molar-refractivity contribution in [3.63, 3.8) is 0 Å². The Morgan fingerprint density at radius 1 is 1.00 bits per heavy atom. The molecular formula is C19H19NO2. The van der Waals surface area contributed by atoms with E-state index in [0.29, 0.717) is 12.5 Å². The number of carbonyl (C=O) groups is 1. The van der Waals surface area contributed by atoms with Crippen molar-refractivity contribution < 1.29 is 9.53 Å². The number of benzene rings is 2. The fourth-order valence-corrected chi connectivity index (χ4v) is 3.54. The smallest absolute Gasteiger partial charge is 0.257 e. The van der Waals surface area contributed by atoms with Gasteiger partial charge in [0, 0.05) is 11.1 Å². The van der Waals surface area contributed by atoms with Crippen LogP contribution in [-0.4, -0.2) is 23.5 Å². The number of amides is 1. The zero-order valence-electron chi connectivity index (χ0n) is 12.8. The maximum Gasteiger partial charge on any atom is 0.257 e. The first-order valence-corrected chi connectivity index (χ1v) is 7.81. The Kier molecular flexibility index (Phi) is 3.05. The lowest BCUT2D eigenvalue weighted by Gasteiger charge is -2.29. The molecule has 0 spiro atoms. The molecule has 0 unspecified atom stereocenters.